The normalized spacial score (nSPS) is 23.3. The molecule has 1 unspecified atom stereocenters. The van der Waals surface area contributed by atoms with E-state index in [2.05, 4.69) is 31.0 Å². The molecule has 1 rings (SSSR count). The Bertz CT molecular complexity index is 360. The van der Waals surface area contributed by atoms with Gasteiger partial charge in [0.25, 0.3) is 0 Å². The molecule has 1 N–H and O–H groups in total. The number of nitrogens with one attached hydrogen (secondary N) is 1. The first kappa shape index (κ1) is 16.9. The van der Waals surface area contributed by atoms with E-state index < -0.39 is 9.84 Å². The molecule has 1 atom stereocenters. The molecule has 1 saturated heterocycles. The smallest absolute Gasteiger partial charge is 0.150 e. The van der Waals surface area contributed by atoms with Crippen LogP contribution in [0.25, 0.3) is 0 Å². The van der Waals surface area contributed by atoms with Crippen LogP contribution in [0.2, 0.25) is 0 Å². The molecule has 0 bridgehead atoms. The molecule has 0 aromatic carbocycles. The summed E-state index contributed by atoms with van der Waals surface area (Å²) in [5.74, 6) is 0.590. The van der Waals surface area contributed by atoms with Gasteiger partial charge in [0.1, 0.15) is 9.84 Å². The largest absolute Gasteiger partial charge is 0.312 e. The standard InChI is InChI=1S/C14H30N2O2S/c1-5-19(17,18)11-7-10-16-9-6-8-15-13(12-16)14(2,3)4/h13,15H,5-12H2,1-4H3. The van der Waals surface area contributed by atoms with Crippen molar-refractivity contribution in [1.82, 2.24) is 10.2 Å². The Morgan fingerprint density at radius 2 is 2.00 bits per heavy atom. The maximum absolute atomic E-state index is 11.5. The molecule has 19 heavy (non-hydrogen) atoms. The molecule has 0 saturated carbocycles. The lowest BCUT2D eigenvalue weighted by molar-refractivity contribution is 0.197. The highest BCUT2D eigenvalue weighted by molar-refractivity contribution is 7.91. The summed E-state index contributed by atoms with van der Waals surface area (Å²) in [6.07, 6.45) is 1.90. The van der Waals surface area contributed by atoms with Crippen molar-refractivity contribution in [3.05, 3.63) is 0 Å². The van der Waals surface area contributed by atoms with Crippen molar-refractivity contribution in [2.75, 3.05) is 37.7 Å². The number of hydrogen-bond donors (Lipinski definition) is 1. The number of hydrogen-bond acceptors (Lipinski definition) is 4. The summed E-state index contributed by atoms with van der Waals surface area (Å²) in [7, 11) is -2.81. The third-order valence-corrected chi connectivity index (χ3v) is 5.69. The second-order valence-electron chi connectivity index (χ2n) is 6.62. The summed E-state index contributed by atoms with van der Waals surface area (Å²) < 4.78 is 23.0. The fourth-order valence-electron chi connectivity index (χ4n) is 2.43. The summed E-state index contributed by atoms with van der Waals surface area (Å²) in [5.41, 5.74) is 0.248. The highest BCUT2D eigenvalue weighted by Gasteiger charge is 2.27. The molecule has 1 aliphatic rings. The van der Waals surface area contributed by atoms with Crippen molar-refractivity contribution in [3.8, 4) is 0 Å². The third kappa shape index (κ3) is 6.23. The Morgan fingerprint density at radius 3 is 2.58 bits per heavy atom. The molecule has 0 radical (unpaired) electrons. The van der Waals surface area contributed by atoms with Crippen LogP contribution in [0.5, 0.6) is 0 Å². The highest BCUT2D eigenvalue weighted by Crippen LogP contribution is 2.21. The van der Waals surface area contributed by atoms with Crippen LogP contribution in [-0.2, 0) is 9.84 Å². The maximum atomic E-state index is 11.5. The first-order valence-corrected chi connectivity index (χ1v) is 9.23. The molecule has 1 heterocycles. The van der Waals surface area contributed by atoms with E-state index >= 15 is 0 Å². The average molecular weight is 290 g/mol. The zero-order valence-electron chi connectivity index (χ0n) is 12.9. The molecule has 0 aromatic heterocycles. The predicted molar refractivity (Wildman–Crippen MR) is 81.2 cm³/mol. The van der Waals surface area contributed by atoms with Gasteiger partial charge in [0.05, 0.1) is 5.75 Å². The molecular formula is C14H30N2O2S. The number of rotatable bonds is 5. The summed E-state index contributed by atoms with van der Waals surface area (Å²) in [4.78, 5) is 2.42. The van der Waals surface area contributed by atoms with E-state index in [1.54, 1.807) is 6.92 Å². The van der Waals surface area contributed by atoms with Gasteiger partial charge in [0.2, 0.25) is 0 Å². The van der Waals surface area contributed by atoms with Crippen LogP contribution in [0.3, 0.4) is 0 Å². The second kappa shape index (κ2) is 7.04. The molecule has 0 spiro atoms. The molecule has 0 aromatic rings. The van der Waals surface area contributed by atoms with E-state index in [4.69, 9.17) is 0 Å². The molecular weight excluding hydrogens is 260 g/mol. The summed E-state index contributed by atoms with van der Waals surface area (Å²) in [5, 5.41) is 3.61. The van der Waals surface area contributed by atoms with E-state index in [0.717, 1.165) is 39.0 Å². The molecule has 0 aliphatic carbocycles. The van der Waals surface area contributed by atoms with Crippen LogP contribution in [-0.4, -0.2) is 57.0 Å². The van der Waals surface area contributed by atoms with Gasteiger partial charge in [-0.3, -0.25) is 0 Å². The van der Waals surface area contributed by atoms with Crippen LogP contribution < -0.4 is 5.32 Å². The Hall–Kier alpha value is -0.130. The molecule has 5 heteroatoms. The van der Waals surface area contributed by atoms with Gasteiger partial charge in [-0.15, -0.1) is 0 Å². The van der Waals surface area contributed by atoms with Crippen molar-refractivity contribution in [2.45, 2.75) is 46.6 Å². The van der Waals surface area contributed by atoms with Crippen molar-refractivity contribution < 1.29 is 8.42 Å². The molecule has 4 nitrogen and oxygen atoms in total. The highest BCUT2D eigenvalue weighted by atomic mass is 32.2. The van der Waals surface area contributed by atoms with E-state index in [1.807, 2.05) is 0 Å². The first-order valence-electron chi connectivity index (χ1n) is 7.41. The van der Waals surface area contributed by atoms with E-state index in [9.17, 15) is 8.42 Å². The van der Waals surface area contributed by atoms with Crippen LogP contribution in [0.4, 0.5) is 0 Å². The Labute approximate surface area is 118 Å². The molecule has 114 valence electrons. The first-order chi connectivity index (χ1) is 8.74. The topological polar surface area (TPSA) is 49.4 Å². The van der Waals surface area contributed by atoms with Gasteiger partial charge in [-0.1, -0.05) is 27.7 Å². The van der Waals surface area contributed by atoms with Gasteiger partial charge in [-0.25, -0.2) is 8.42 Å². The zero-order chi connectivity index (χ0) is 14.5. The lowest BCUT2D eigenvalue weighted by atomic mass is 9.86. The summed E-state index contributed by atoms with van der Waals surface area (Å²) in [6, 6.07) is 0.484. The monoisotopic (exact) mass is 290 g/mol. The summed E-state index contributed by atoms with van der Waals surface area (Å²) in [6.45, 7) is 12.6. The summed E-state index contributed by atoms with van der Waals surface area (Å²) >= 11 is 0. The predicted octanol–water partition coefficient (Wildman–Crippen LogP) is 1.52. The molecule has 1 fully saturated rings. The van der Waals surface area contributed by atoms with Crippen LogP contribution in [0.15, 0.2) is 0 Å². The van der Waals surface area contributed by atoms with Gasteiger partial charge >= 0.3 is 0 Å². The minimum absolute atomic E-state index is 0.248. The van der Waals surface area contributed by atoms with Crippen LogP contribution in [0.1, 0.15) is 40.5 Å². The Morgan fingerprint density at radius 1 is 1.32 bits per heavy atom. The Kier molecular flexibility index (Phi) is 6.27. The fraction of sp³-hybridized carbons (Fsp3) is 1.00. The van der Waals surface area contributed by atoms with Gasteiger partial charge in [0, 0.05) is 18.3 Å². The van der Waals surface area contributed by atoms with E-state index in [-0.39, 0.29) is 11.2 Å². The minimum atomic E-state index is -2.81. The second-order valence-corrected chi connectivity index (χ2v) is 9.09. The molecule has 0 amide bonds. The van der Waals surface area contributed by atoms with Crippen molar-refractivity contribution >= 4 is 9.84 Å². The van der Waals surface area contributed by atoms with Crippen molar-refractivity contribution in [2.24, 2.45) is 5.41 Å². The lowest BCUT2D eigenvalue weighted by Gasteiger charge is -2.33. The molecule has 1 aliphatic heterocycles. The third-order valence-electron chi connectivity index (χ3n) is 3.90. The van der Waals surface area contributed by atoms with Gasteiger partial charge in [-0.05, 0) is 37.9 Å². The lowest BCUT2D eigenvalue weighted by Crippen LogP contribution is -2.46. The number of sulfone groups is 1. The van der Waals surface area contributed by atoms with Gasteiger partial charge < -0.3 is 10.2 Å². The maximum Gasteiger partial charge on any atom is 0.150 e. The van der Waals surface area contributed by atoms with E-state index in [0.29, 0.717) is 11.8 Å². The van der Waals surface area contributed by atoms with Gasteiger partial charge in [-0.2, -0.15) is 0 Å². The average Bonchev–Trinajstić information content (AvgIpc) is 2.54. The van der Waals surface area contributed by atoms with Crippen molar-refractivity contribution in [1.29, 1.82) is 0 Å². The zero-order valence-corrected chi connectivity index (χ0v) is 13.7. The minimum Gasteiger partial charge on any atom is -0.312 e. The van der Waals surface area contributed by atoms with Crippen molar-refractivity contribution in [3.63, 3.8) is 0 Å². The Balaban J connectivity index is 2.44. The number of nitrogens with zero attached hydrogens (tertiary/aromatic N) is 1. The SMILES string of the molecule is CCS(=O)(=O)CCCN1CCCNC(C(C)(C)C)C1. The van der Waals surface area contributed by atoms with E-state index in [1.165, 1.54) is 0 Å². The van der Waals surface area contributed by atoms with Gasteiger partial charge in [0.15, 0.2) is 0 Å². The quantitative estimate of drug-likeness (QED) is 0.834. The van der Waals surface area contributed by atoms with Crippen LogP contribution >= 0.6 is 0 Å². The van der Waals surface area contributed by atoms with Crippen LogP contribution in [0, 0.1) is 5.41 Å². The fourth-order valence-corrected chi connectivity index (χ4v) is 3.29.